The zero-order valence-corrected chi connectivity index (χ0v) is 48.9. The molecule has 2 atom stereocenters. The van der Waals surface area contributed by atoms with Gasteiger partial charge in [-0.15, -0.1) is 5.73 Å². The second-order valence-corrected chi connectivity index (χ2v) is 19.3. The predicted octanol–water partition coefficient (Wildman–Crippen LogP) is 20.0. The molecule has 2 aromatic heterocycles. The number of allylic oxidation sites excluding steroid dienone is 18. The molecule has 2 aliphatic rings. The average molecular weight is 999 g/mol. The van der Waals surface area contributed by atoms with Crippen molar-refractivity contribution in [2.75, 3.05) is 18.6 Å². The largest absolute Gasteiger partial charge is 0.337 e. The summed E-state index contributed by atoms with van der Waals surface area (Å²) >= 11 is 0. The Labute approximate surface area is 449 Å². The Morgan fingerprint density at radius 3 is 2.10 bits per heavy atom. The number of hydrogen-bond acceptors (Lipinski definition) is 1. The zero-order valence-electron chi connectivity index (χ0n) is 48.1. The Balaban J connectivity index is 0.00000113. The van der Waals surface area contributed by atoms with Crippen molar-refractivity contribution in [3.8, 4) is 5.69 Å². The zero-order chi connectivity index (χ0) is 54.7. The van der Waals surface area contributed by atoms with Gasteiger partial charge < -0.3 is 14.9 Å². The summed E-state index contributed by atoms with van der Waals surface area (Å²) in [5.74, 6) is 1.21. The number of para-hydroxylation sites is 1. The van der Waals surface area contributed by atoms with Crippen LogP contribution in [0.4, 0.5) is 0 Å². The lowest BCUT2D eigenvalue weighted by atomic mass is 10.0. The highest BCUT2D eigenvalue weighted by Crippen LogP contribution is 2.37. The molecule has 0 radical (unpaired) electrons. The number of rotatable bonds is 17. The fourth-order valence-corrected chi connectivity index (χ4v) is 9.44. The molecule has 1 aliphatic carbocycles. The van der Waals surface area contributed by atoms with Gasteiger partial charge in [-0.2, -0.15) is 10.5 Å². The lowest BCUT2D eigenvalue weighted by Gasteiger charge is -2.21. The Morgan fingerprint density at radius 1 is 0.877 bits per heavy atom. The summed E-state index contributed by atoms with van der Waals surface area (Å²) in [4.78, 5) is 1.42. The summed E-state index contributed by atoms with van der Waals surface area (Å²) in [6, 6.07) is 17.9. The quantitative estimate of drug-likeness (QED) is 0.0639. The van der Waals surface area contributed by atoms with Gasteiger partial charge in [0, 0.05) is 46.4 Å². The first-order chi connectivity index (χ1) is 35.4. The molecule has 4 aromatic rings. The van der Waals surface area contributed by atoms with Gasteiger partial charge in [0.25, 0.3) is 0 Å². The van der Waals surface area contributed by atoms with Crippen LogP contribution in [-0.2, 0) is 12.8 Å². The van der Waals surface area contributed by atoms with Crippen LogP contribution in [0, 0.1) is 6.92 Å². The summed E-state index contributed by atoms with van der Waals surface area (Å²) < 4.78 is 4.96. The highest BCUT2D eigenvalue weighted by Gasteiger charge is 2.24. The number of nitrogens with two attached hydrogens (primary N) is 1. The maximum Gasteiger partial charge on any atom is 0.0569 e. The molecule has 0 amide bonds. The van der Waals surface area contributed by atoms with Crippen LogP contribution in [0.3, 0.4) is 0 Å². The first-order valence-electron chi connectivity index (χ1n) is 26.9. The van der Waals surface area contributed by atoms with E-state index in [1.165, 1.54) is 72.7 Å². The van der Waals surface area contributed by atoms with Gasteiger partial charge in [0.15, 0.2) is 0 Å². The van der Waals surface area contributed by atoms with Crippen LogP contribution in [0.1, 0.15) is 155 Å². The molecule has 0 fully saturated rings. The molecule has 2 N–H and O–H groups in total. The standard InChI is InChI=1S/C51H56N2.C6H11NS.C5H8.C3H8.2C2H6/c1-10-14-24-37(5)38(6)25-22-27-42(26-15-11-2)39(7)32-34-48-40(8)47-36-43(33-35-51(47)53(48)44-28-18-16-19-29-44)41(9)52-49(23-12-3)45(13-4)46-30-20-17-21-31-50(46)52;1-8-4-2-3-6(8)5-7;1-3-5-4-2;1-3-2;2*1-2/h10-11,14-20,24-36,41H,2,7,12-13,22-23H2,1,3-6,8-9H3;2-3H,4-5,7H2,1H3;3-5H,1H2,2H3;3H2,1-2H3;2*1-2H3/b14-10-,26-15-,34-32-,37-24+,38-25+,42-27+;;5-4-;;;. The van der Waals surface area contributed by atoms with E-state index < -0.39 is 0 Å². The molecule has 392 valence electrons. The summed E-state index contributed by atoms with van der Waals surface area (Å²) in [5, 5.41) is 1.26. The molecular formula is C69H95N3S. The summed E-state index contributed by atoms with van der Waals surface area (Å²) in [5.41, 5.74) is 24.9. The SMILES string of the molecule is C=C/C=C\C.C=C/C=C\C(=C/C/C=C(C)/C(C)=C/C=C\C)C(=C)/C=C\c1c(C)c2cc(C(C)n3c4c(c(CC)c3CCC)C=CC=C=C4)ccc2n1-c1ccccc1.CC.CC.CCC.CS1=C(CN)C=CC1. The summed E-state index contributed by atoms with van der Waals surface area (Å²) in [6.45, 7) is 42.4. The van der Waals surface area contributed by atoms with Crippen LogP contribution >= 0.6 is 10.5 Å². The van der Waals surface area contributed by atoms with Gasteiger partial charge in [0.2, 0.25) is 0 Å². The van der Waals surface area contributed by atoms with E-state index in [2.05, 4.69) is 224 Å². The molecular weight excluding hydrogens is 903 g/mol. The Kier molecular flexibility index (Phi) is 33.4. The first-order valence-corrected chi connectivity index (χ1v) is 28.7. The van der Waals surface area contributed by atoms with Gasteiger partial charge in [-0.25, -0.2) is 0 Å². The van der Waals surface area contributed by atoms with Crippen LogP contribution in [0.15, 0.2) is 194 Å². The number of aromatic nitrogens is 2. The van der Waals surface area contributed by atoms with Crippen LogP contribution in [0.25, 0.3) is 34.8 Å². The minimum atomic E-state index is 0.155. The van der Waals surface area contributed by atoms with Crippen LogP contribution in [0.2, 0.25) is 0 Å². The van der Waals surface area contributed by atoms with Crippen molar-refractivity contribution < 1.29 is 0 Å². The van der Waals surface area contributed by atoms with Crippen molar-refractivity contribution in [1.82, 2.24) is 9.13 Å². The maximum atomic E-state index is 5.44. The molecule has 4 heteroatoms. The Bertz CT molecular complexity index is 2730. The predicted molar refractivity (Wildman–Crippen MR) is 339 cm³/mol. The van der Waals surface area contributed by atoms with Crippen LogP contribution in [0.5, 0.6) is 0 Å². The fraction of sp³-hybridized carbons (Fsp3) is 0.333. The van der Waals surface area contributed by atoms with E-state index >= 15 is 0 Å². The van der Waals surface area contributed by atoms with E-state index in [0.717, 1.165) is 54.8 Å². The Hall–Kier alpha value is -6.16. The van der Waals surface area contributed by atoms with Gasteiger partial charge in [-0.3, -0.25) is 0 Å². The molecule has 0 saturated carbocycles. The average Bonchev–Trinajstić information content (AvgIpc) is 3.99. The first kappa shape index (κ1) is 64.9. The molecule has 2 aromatic carbocycles. The van der Waals surface area contributed by atoms with Crippen molar-refractivity contribution in [3.05, 3.63) is 233 Å². The number of fused-ring (bicyclic) bond motifs is 2. The van der Waals surface area contributed by atoms with Gasteiger partial charge >= 0.3 is 0 Å². The lowest BCUT2D eigenvalue weighted by Crippen LogP contribution is -2.13. The number of hydrogen-bond donors (Lipinski definition) is 1. The lowest BCUT2D eigenvalue weighted by molar-refractivity contribution is 0.599. The molecule has 0 spiro atoms. The molecule has 6 rings (SSSR count). The summed E-state index contributed by atoms with van der Waals surface area (Å²) in [6.07, 6.45) is 47.1. The van der Waals surface area contributed by atoms with E-state index in [0.29, 0.717) is 10.5 Å². The number of aryl methyl sites for hydroxylation is 1. The minimum Gasteiger partial charge on any atom is -0.337 e. The van der Waals surface area contributed by atoms with E-state index in [9.17, 15) is 0 Å². The molecule has 1 aliphatic heterocycles. The summed E-state index contributed by atoms with van der Waals surface area (Å²) in [7, 11) is 0.470. The van der Waals surface area contributed by atoms with E-state index in [4.69, 9.17) is 5.73 Å². The van der Waals surface area contributed by atoms with Crippen molar-refractivity contribution in [2.45, 2.75) is 135 Å². The fourth-order valence-electron chi connectivity index (χ4n) is 8.23. The third-order valence-electron chi connectivity index (χ3n) is 12.0. The second-order valence-electron chi connectivity index (χ2n) is 17.1. The third kappa shape index (κ3) is 19.7. The molecule has 73 heavy (non-hydrogen) atoms. The van der Waals surface area contributed by atoms with Crippen LogP contribution in [-0.4, -0.2) is 32.6 Å². The topological polar surface area (TPSA) is 35.9 Å². The van der Waals surface area contributed by atoms with Gasteiger partial charge in [-0.05, 0) is 142 Å². The number of nitrogens with zero attached hydrogens (tertiary/aromatic N) is 2. The third-order valence-corrected chi connectivity index (χ3v) is 13.9. The van der Waals surface area contributed by atoms with Crippen LogP contribution < -0.4 is 5.73 Å². The van der Waals surface area contributed by atoms with E-state index in [1.54, 1.807) is 6.08 Å². The molecule has 3 heterocycles. The smallest absolute Gasteiger partial charge is 0.0569 e. The Morgan fingerprint density at radius 2 is 1.55 bits per heavy atom. The van der Waals surface area contributed by atoms with E-state index in [1.807, 2.05) is 71.9 Å². The normalized spacial score (nSPS) is 14.4. The second kappa shape index (κ2) is 37.6. The van der Waals surface area contributed by atoms with Crippen molar-refractivity contribution in [3.63, 3.8) is 0 Å². The maximum absolute atomic E-state index is 5.44. The monoisotopic (exact) mass is 998 g/mol. The van der Waals surface area contributed by atoms with Crippen molar-refractivity contribution in [1.29, 1.82) is 0 Å². The number of benzene rings is 2. The van der Waals surface area contributed by atoms with Gasteiger partial charge in [0.1, 0.15) is 0 Å². The van der Waals surface area contributed by atoms with Crippen molar-refractivity contribution in [2.24, 2.45) is 5.73 Å². The molecule has 2 unspecified atom stereocenters. The highest BCUT2D eigenvalue weighted by atomic mass is 32.2. The van der Waals surface area contributed by atoms with Gasteiger partial charge in [0.05, 0.1) is 17.3 Å². The van der Waals surface area contributed by atoms with E-state index in [-0.39, 0.29) is 6.04 Å². The van der Waals surface area contributed by atoms with Crippen molar-refractivity contribution >= 4 is 44.5 Å². The molecule has 3 nitrogen and oxygen atoms in total. The molecule has 0 saturated heterocycles. The highest BCUT2D eigenvalue weighted by molar-refractivity contribution is 8.16. The molecule has 0 bridgehead atoms. The minimum absolute atomic E-state index is 0.155. The van der Waals surface area contributed by atoms with Gasteiger partial charge in [-0.1, -0.05) is 215 Å².